The van der Waals surface area contributed by atoms with Crippen LogP contribution in [0.2, 0.25) is 0 Å². The third kappa shape index (κ3) is 2.66. The van der Waals surface area contributed by atoms with Gasteiger partial charge in [0.05, 0.1) is 16.5 Å². The summed E-state index contributed by atoms with van der Waals surface area (Å²) in [6.07, 6.45) is 3.38. The number of rotatable bonds is 3. The summed E-state index contributed by atoms with van der Waals surface area (Å²) in [5.41, 5.74) is 4.98. The summed E-state index contributed by atoms with van der Waals surface area (Å²) in [6.45, 7) is 0. The predicted molar refractivity (Wildman–Crippen MR) is 96.9 cm³/mol. The van der Waals surface area contributed by atoms with Gasteiger partial charge in [0.15, 0.2) is 5.82 Å². The van der Waals surface area contributed by atoms with Crippen LogP contribution in [-0.2, 0) is 0 Å². The van der Waals surface area contributed by atoms with Crippen LogP contribution in [0.15, 0.2) is 71.6 Å². The van der Waals surface area contributed by atoms with Crippen LogP contribution in [0.3, 0.4) is 0 Å². The zero-order valence-electron chi connectivity index (χ0n) is 12.7. The molecular formula is C19H13N3OS. The van der Waals surface area contributed by atoms with E-state index in [9.17, 15) is 4.79 Å². The van der Waals surface area contributed by atoms with Gasteiger partial charge in [-0.15, -0.1) is 11.3 Å². The highest BCUT2D eigenvalue weighted by atomic mass is 32.1. The molecule has 0 spiro atoms. The molecule has 0 unspecified atom stereocenters. The molecule has 2 heterocycles. The van der Waals surface area contributed by atoms with Crippen LogP contribution >= 0.6 is 11.3 Å². The van der Waals surface area contributed by atoms with E-state index in [1.807, 2.05) is 66.1 Å². The van der Waals surface area contributed by atoms with E-state index in [4.69, 9.17) is 0 Å². The summed E-state index contributed by atoms with van der Waals surface area (Å²) in [4.78, 5) is 21.7. The number of hydrogen-bond acceptors (Lipinski definition) is 4. The van der Waals surface area contributed by atoms with Gasteiger partial charge < -0.3 is 0 Å². The van der Waals surface area contributed by atoms with Crippen molar-refractivity contribution in [1.82, 2.24) is 14.5 Å². The Labute approximate surface area is 142 Å². The van der Waals surface area contributed by atoms with E-state index in [1.165, 1.54) is 11.3 Å². The van der Waals surface area contributed by atoms with Crippen molar-refractivity contribution in [2.24, 2.45) is 0 Å². The summed E-state index contributed by atoms with van der Waals surface area (Å²) >= 11 is 1.48. The van der Waals surface area contributed by atoms with E-state index >= 15 is 0 Å². The molecule has 4 nitrogen and oxygen atoms in total. The molecule has 2 aromatic carbocycles. The van der Waals surface area contributed by atoms with Gasteiger partial charge in [0.1, 0.15) is 5.69 Å². The minimum atomic E-state index is -0.143. The Morgan fingerprint density at radius 2 is 1.83 bits per heavy atom. The van der Waals surface area contributed by atoms with Gasteiger partial charge in [-0.3, -0.25) is 9.36 Å². The number of thiazole rings is 1. The number of imidazole rings is 1. The zero-order chi connectivity index (χ0) is 16.4. The molecule has 0 N–H and O–H groups in total. The first kappa shape index (κ1) is 14.5. The van der Waals surface area contributed by atoms with Gasteiger partial charge in [-0.25, -0.2) is 9.97 Å². The molecule has 0 saturated carbocycles. The largest absolute Gasteiger partial charge is 0.269 e. The van der Waals surface area contributed by atoms with Gasteiger partial charge in [0.25, 0.3) is 5.91 Å². The maximum absolute atomic E-state index is 12.8. The first-order chi connectivity index (χ1) is 11.8. The average Bonchev–Trinajstić information content (AvgIpc) is 3.27. The molecule has 0 fully saturated rings. The third-order valence-electron chi connectivity index (χ3n) is 3.66. The number of fused-ring (bicyclic) bond motifs is 1. The van der Waals surface area contributed by atoms with Crippen molar-refractivity contribution in [1.29, 1.82) is 0 Å². The molecule has 0 saturated heterocycles. The van der Waals surface area contributed by atoms with Crippen LogP contribution in [0, 0.1) is 0 Å². The van der Waals surface area contributed by atoms with E-state index in [1.54, 1.807) is 16.2 Å². The van der Waals surface area contributed by atoms with Gasteiger partial charge in [-0.05, 0) is 23.8 Å². The van der Waals surface area contributed by atoms with Gasteiger partial charge in [0, 0.05) is 11.5 Å². The second-order valence-electron chi connectivity index (χ2n) is 5.22. The van der Waals surface area contributed by atoms with Crippen LogP contribution in [0.25, 0.3) is 28.6 Å². The van der Waals surface area contributed by atoms with Crippen LogP contribution in [0.1, 0.15) is 10.4 Å². The molecule has 2 aromatic heterocycles. The molecule has 0 radical (unpaired) electrons. The van der Waals surface area contributed by atoms with Crippen molar-refractivity contribution < 1.29 is 4.79 Å². The minimum Gasteiger partial charge on any atom is -0.269 e. The number of aromatic nitrogens is 3. The summed E-state index contributed by atoms with van der Waals surface area (Å²) in [5.74, 6) is 0.427. The molecule has 0 aliphatic rings. The van der Waals surface area contributed by atoms with Crippen LogP contribution in [0.5, 0.6) is 0 Å². The molecule has 0 bridgehead atoms. The predicted octanol–water partition coefficient (Wildman–Crippen LogP) is 4.51. The fourth-order valence-corrected chi connectivity index (χ4v) is 3.08. The highest BCUT2D eigenvalue weighted by Crippen LogP contribution is 2.24. The molecule has 24 heavy (non-hydrogen) atoms. The van der Waals surface area contributed by atoms with Gasteiger partial charge >= 0.3 is 0 Å². The van der Waals surface area contributed by atoms with E-state index in [0.29, 0.717) is 11.5 Å². The molecule has 116 valence electrons. The minimum absolute atomic E-state index is 0.143. The fourth-order valence-electron chi connectivity index (χ4n) is 2.55. The van der Waals surface area contributed by atoms with Gasteiger partial charge in [0.2, 0.25) is 0 Å². The van der Waals surface area contributed by atoms with Crippen LogP contribution in [0.4, 0.5) is 0 Å². The SMILES string of the molecule is O=C(/C=C/c1ccccc1)n1c(-c2cscn2)nc2ccccc21. The zero-order valence-corrected chi connectivity index (χ0v) is 13.5. The Morgan fingerprint density at radius 1 is 1.04 bits per heavy atom. The molecular weight excluding hydrogens is 318 g/mol. The second kappa shape index (κ2) is 6.22. The number of carbonyl (C=O) groups excluding carboxylic acids is 1. The highest BCUT2D eigenvalue weighted by Gasteiger charge is 2.17. The quantitative estimate of drug-likeness (QED) is 0.519. The smallest absolute Gasteiger partial charge is 0.256 e. The lowest BCUT2D eigenvalue weighted by atomic mass is 10.2. The molecule has 0 amide bonds. The number of allylic oxidation sites excluding steroid dienone is 1. The third-order valence-corrected chi connectivity index (χ3v) is 4.25. The van der Waals surface area contributed by atoms with E-state index in [0.717, 1.165) is 16.6 Å². The van der Waals surface area contributed by atoms with Crippen molar-refractivity contribution >= 4 is 34.4 Å². The highest BCUT2D eigenvalue weighted by molar-refractivity contribution is 7.07. The first-order valence-corrected chi connectivity index (χ1v) is 8.41. The Bertz CT molecular complexity index is 1020. The van der Waals surface area contributed by atoms with Crippen molar-refractivity contribution in [3.8, 4) is 11.5 Å². The Balaban J connectivity index is 1.81. The lowest BCUT2D eigenvalue weighted by Crippen LogP contribution is -2.09. The molecule has 0 aliphatic carbocycles. The molecule has 0 aliphatic heterocycles. The van der Waals surface area contributed by atoms with E-state index in [-0.39, 0.29) is 5.91 Å². The summed E-state index contributed by atoms with van der Waals surface area (Å²) in [6, 6.07) is 17.3. The standard InChI is InChI=1S/C19H13N3OS/c23-18(11-10-14-6-2-1-3-7-14)22-17-9-5-4-8-15(17)21-19(22)16-12-24-13-20-16/h1-13H/b11-10+. The average molecular weight is 331 g/mol. The summed E-state index contributed by atoms with van der Waals surface area (Å²) in [7, 11) is 0. The Kier molecular flexibility index (Phi) is 3.76. The molecule has 4 rings (SSSR count). The number of carbonyl (C=O) groups is 1. The van der Waals surface area contributed by atoms with Crippen molar-refractivity contribution in [3.63, 3.8) is 0 Å². The molecule has 0 atom stereocenters. The maximum Gasteiger partial charge on any atom is 0.256 e. The van der Waals surface area contributed by atoms with Crippen molar-refractivity contribution in [2.75, 3.05) is 0 Å². The number of para-hydroxylation sites is 2. The maximum atomic E-state index is 12.8. The van der Waals surface area contributed by atoms with Crippen LogP contribution in [-0.4, -0.2) is 20.4 Å². The molecule has 4 aromatic rings. The van der Waals surface area contributed by atoms with E-state index < -0.39 is 0 Å². The Hall–Kier alpha value is -3.05. The summed E-state index contributed by atoms with van der Waals surface area (Å²) < 4.78 is 1.61. The lowest BCUT2D eigenvalue weighted by molar-refractivity contribution is 0.0976. The first-order valence-electron chi connectivity index (χ1n) is 7.46. The second-order valence-corrected chi connectivity index (χ2v) is 5.93. The number of benzene rings is 2. The normalized spacial score (nSPS) is 11.3. The number of hydrogen-bond donors (Lipinski definition) is 0. The lowest BCUT2D eigenvalue weighted by Gasteiger charge is -2.03. The number of nitrogens with zero attached hydrogens (tertiary/aromatic N) is 3. The van der Waals surface area contributed by atoms with E-state index in [2.05, 4.69) is 9.97 Å². The Morgan fingerprint density at radius 3 is 2.62 bits per heavy atom. The van der Waals surface area contributed by atoms with Crippen LogP contribution < -0.4 is 0 Å². The van der Waals surface area contributed by atoms with Crippen molar-refractivity contribution in [3.05, 3.63) is 77.1 Å². The monoisotopic (exact) mass is 331 g/mol. The fraction of sp³-hybridized carbons (Fsp3) is 0. The molecule has 5 heteroatoms. The van der Waals surface area contributed by atoms with Crippen molar-refractivity contribution in [2.45, 2.75) is 0 Å². The van der Waals surface area contributed by atoms with Gasteiger partial charge in [-0.1, -0.05) is 42.5 Å². The summed E-state index contributed by atoms with van der Waals surface area (Å²) in [5, 5.41) is 1.89. The topological polar surface area (TPSA) is 47.8 Å². The van der Waals surface area contributed by atoms with Gasteiger partial charge in [-0.2, -0.15) is 0 Å².